The smallest absolute Gasteiger partial charge is 0.339 e. The van der Waals surface area contributed by atoms with Gasteiger partial charge in [-0.3, -0.25) is 0 Å². The fourth-order valence-electron chi connectivity index (χ4n) is 3.34. The van der Waals surface area contributed by atoms with Crippen LogP contribution in [0.5, 0.6) is 0 Å². The molecule has 1 fully saturated rings. The standard InChI is InChI=1S/C18H24N4O2/c1-13-15(18(23)24-3)6-7-16(20-13)22-9-4-5-14(12-22)11-17-19-8-10-21(17)2/h6-8,10,14H,4-5,9,11-12H2,1-3H3. The number of esters is 1. The van der Waals surface area contributed by atoms with Crippen LogP contribution in [0.25, 0.3) is 0 Å². The van der Waals surface area contributed by atoms with E-state index in [0.29, 0.717) is 17.2 Å². The second-order valence-corrected chi connectivity index (χ2v) is 6.41. The van der Waals surface area contributed by atoms with Gasteiger partial charge in [0.2, 0.25) is 0 Å². The van der Waals surface area contributed by atoms with Crippen molar-refractivity contribution in [3.63, 3.8) is 0 Å². The average molecular weight is 328 g/mol. The third-order valence-electron chi connectivity index (χ3n) is 4.71. The molecule has 2 aromatic heterocycles. The molecule has 6 nitrogen and oxygen atoms in total. The lowest BCUT2D eigenvalue weighted by Crippen LogP contribution is -2.37. The van der Waals surface area contributed by atoms with E-state index in [1.165, 1.54) is 13.5 Å². The molecule has 0 amide bonds. The van der Waals surface area contributed by atoms with Crippen LogP contribution >= 0.6 is 0 Å². The summed E-state index contributed by atoms with van der Waals surface area (Å²) in [5.74, 6) is 2.30. The van der Waals surface area contributed by atoms with E-state index in [-0.39, 0.29) is 5.97 Å². The number of aromatic nitrogens is 3. The SMILES string of the molecule is COC(=O)c1ccc(N2CCCC(Cc3nccn3C)C2)nc1C. The maximum atomic E-state index is 11.7. The quantitative estimate of drug-likeness (QED) is 0.807. The van der Waals surface area contributed by atoms with Crippen LogP contribution in [-0.2, 0) is 18.2 Å². The van der Waals surface area contributed by atoms with Crippen molar-refractivity contribution in [1.29, 1.82) is 0 Å². The number of ether oxygens (including phenoxy) is 1. The Balaban J connectivity index is 1.71. The van der Waals surface area contributed by atoms with Crippen molar-refractivity contribution in [3.05, 3.63) is 41.6 Å². The molecule has 0 bridgehead atoms. The highest BCUT2D eigenvalue weighted by Crippen LogP contribution is 2.25. The summed E-state index contributed by atoms with van der Waals surface area (Å²) in [6, 6.07) is 3.73. The molecule has 1 saturated heterocycles. The highest BCUT2D eigenvalue weighted by Gasteiger charge is 2.23. The van der Waals surface area contributed by atoms with E-state index in [0.717, 1.165) is 37.6 Å². The molecule has 3 heterocycles. The molecule has 1 aliphatic rings. The molecule has 0 spiro atoms. The van der Waals surface area contributed by atoms with Gasteiger partial charge in [0.1, 0.15) is 11.6 Å². The van der Waals surface area contributed by atoms with E-state index in [1.54, 1.807) is 0 Å². The molecule has 0 radical (unpaired) electrons. The summed E-state index contributed by atoms with van der Waals surface area (Å²) in [5, 5.41) is 0. The summed E-state index contributed by atoms with van der Waals surface area (Å²) in [7, 11) is 3.43. The molecule has 0 aliphatic carbocycles. The summed E-state index contributed by atoms with van der Waals surface area (Å²) in [5.41, 5.74) is 1.24. The molecular formula is C18H24N4O2. The van der Waals surface area contributed by atoms with E-state index in [4.69, 9.17) is 4.74 Å². The topological polar surface area (TPSA) is 60.2 Å². The number of nitrogens with zero attached hydrogens (tertiary/aromatic N) is 4. The Morgan fingerprint density at radius 3 is 2.92 bits per heavy atom. The van der Waals surface area contributed by atoms with Gasteiger partial charge in [0.25, 0.3) is 0 Å². The number of carbonyl (C=O) groups excluding carboxylic acids is 1. The normalized spacial score (nSPS) is 17.8. The first-order valence-corrected chi connectivity index (χ1v) is 8.35. The molecule has 0 saturated carbocycles. The first-order chi connectivity index (χ1) is 11.6. The molecular weight excluding hydrogens is 304 g/mol. The van der Waals surface area contributed by atoms with Crippen molar-refractivity contribution in [2.45, 2.75) is 26.2 Å². The van der Waals surface area contributed by atoms with Crippen LogP contribution in [0.2, 0.25) is 0 Å². The molecule has 24 heavy (non-hydrogen) atoms. The second-order valence-electron chi connectivity index (χ2n) is 6.41. The van der Waals surface area contributed by atoms with Crippen LogP contribution in [0.3, 0.4) is 0 Å². The number of methoxy groups -OCH3 is 1. The van der Waals surface area contributed by atoms with Gasteiger partial charge < -0.3 is 14.2 Å². The number of imidazole rings is 1. The summed E-state index contributed by atoms with van der Waals surface area (Å²) < 4.78 is 6.88. The predicted molar refractivity (Wildman–Crippen MR) is 92.2 cm³/mol. The van der Waals surface area contributed by atoms with Crippen molar-refractivity contribution in [2.24, 2.45) is 13.0 Å². The fourth-order valence-corrected chi connectivity index (χ4v) is 3.34. The number of hydrogen-bond donors (Lipinski definition) is 0. The lowest BCUT2D eigenvalue weighted by atomic mass is 9.94. The molecule has 1 unspecified atom stereocenters. The van der Waals surface area contributed by atoms with Crippen LogP contribution in [0.15, 0.2) is 24.5 Å². The van der Waals surface area contributed by atoms with E-state index in [9.17, 15) is 4.79 Å². The largest absolute Gasteiger partial charge is 0.465 e. The van der Waals surface area contributed by atoms with Gasteiger partial charge in [-0.15, -0.1) is 0 Å². The maximum Gasteiger partial charge on any atom is 0.339 e. The number of anilines is 1. The number of carbonyl (C=O) groups is 1. The Bertz CT molecular complexity index is 726. The van der Waals surface area contributed by atoms with Gasteiger partial charge in [0, 0.05) is 39.0 Å². The first kappa shape index (κ1) is 16.5. The highest BCUT2D eigenvalue weighted by atomic mass is 16.5. The van der Waals surface area contributed by atoms with Crippen molar-refractivity contribution in [1.82, 2.24) is 14.5 Å². The van der Waals surface area contributed by atoms with E-state index in [2.05, 4.69) is 19.4 Å². The minimum Gasteiger partial charge on any atom is -0.465 e. The van der Waals surface area contributed by atoms with Gasteiger partial charge in [-0.25, -0.2) is 14.8 Å². The number of hydrogen-bond acceptors (Lipinski definition) is 5. The number of aryl methyl sites for hydroxylation is 2. The average Bonchev–Trinajstić information content (AvgIpc) is 2.99. The van der Waals surface area contributed by atoms with Crippen molar-refractivity contribution >= 4 is 11.8 Å². The Morgan fingerprint density at radius 2 is 2.25 bits per heavy atom. The lowest BCUT2D eigenvalue weighted by Gasteiger charge is -2.33. The van der Waals surface area contributed by atoms with Crippen molar-refractivity contribution in [2.75, 3.05) is 25.1 Å². The van der Waals surface area contributed by atoms with Crippen molar-refractivity contribution < 1.29 is 9.53 Å². The molecule has 0 aromatic carbocycles. The fraction of sp³-hybridized carbons (Fsp3) is 0.500. The Labute approximate surface area is 142 Å². The molecule has 128 valence electrons. The zero-order chi connectivity index (χ0) is 17.1. The van der Waals surface area contributed by atoms with Gasteiger partial charge in [-0.2, -0.15) is 0 Å². The third-order valence-corrected chi connectivity index (χ3v) is 4.71. The summed E-state index contributed by atoms with van der Waals surface area (Å²) in [6.45, 7) is 3.82. The summed E-state index contributed by atoms with van der Waals surface area (Å²) in [6.07, 6.45) is 7.19. The number of piperidine rings is 1. The highest BCUT2D eigenvalue weighted by molar-refractivity contribution is 5.90. The van der Waals surface area contributed by atoms with Gasteiger partial charge in [-0.1, -0.05) is 0 Å². The van der Waals surface area contributed by atoms with Crippen LogP contribution in [-0.4, -0.2) is 40.7 Å². The predicted octanol–water partition coefficient (Wildman–Crippen LogP) is 2.37. The molecule has 0 N–H and O–H groups in total. The minimum atomic E-state index is -0.335. The number of rotatable bonds is 4. The van der Waals surface area contributed by atoms with Gasteiger partial charge in [-0.05, 0) is 37.8 Å². The lowest BCUT2D eigenvalue weighted by molar-refractivity contribution is 0.0599. The Kier molecular flexibility index (Phi) is 4.83. The maximum absolute atomic E-state index is 11.7. The van der Waals surface area contributed by atoms with E-state index in [1.807, 2.05) is 38.5 Å². The molecule has 1 aliphatic heterocycles. The van der Waals surface area contributed by atoms with Crippen LogP contribution < -0.4 is 4.90 Å². The van der Waals surface area contributed by atoms with Crippen LogP contribution in [0.4, 0.5) is 5.82 Å². The van der Waals surface area contributed by atoms with Crippen LogP contribution in [0, 0.1) is 12.8 Å². The Morgan fingerprint density at radius 1 is 1.42 bits per heavy atom. The molecule has 1 atom stereocenters. The zero-order valence-corrected chi connectivity index (χ0v) is 14.5. The van der Waals surface area contributed by atoms with Crippen molar-refractivity contribution in [3.8, 4) is 0 Å². The van der Waals surface area contributed by atoms with E-state index < -0.39 is 0 Å². The molecule has 2 aromatic rings. The number of pyridine rings is 1. The second kappa shape index (κ2) is 7.03. The molecule has 6 heteroatoms. The van der Waals surface area contributed by atoms with Gasteiger partial charge >= 0.3 is 5.97 Å². The Hall–Kier alpha value is -2.37. The summed E-state index contributed by atoms with van der Waals surface area (Å²) in [4.78, 5) is 23.1. The third kappa shape index (κ3) is 3.42. The first-order valence-electron chi connectivity index (χ1n) is 8.35. The van der Waals surface area contributed by atoms with Gasteiger partial charge in [0.05, 0.1) is 18.4 Å². The monoisotopic (exact) mass is 328 g/mol. The summed E-state index contributed by atoms with van der Waals surface area (Å²) >= 11 is 0. The molecule has 3 rings (SSSR count). The minimum absolute atomic E-state index is 0.335. The van der Waals surface area contributed by atoms with E-state index >= 15 is 0 Å². The van der Waals surface area contributed by atoms with Crippen LogP contribution in [0.1, 0.15) is 34.7 Å². The van der Waals surface area contributed by atoms with Gasteiger partial charge in [0.15, 0.2) is 0 Å². The zero-order valence-electron chi connectivity index (χ0n) is 14.5.